The van der Waals surface area contributed by atoms with Gasteiger partial charge in [-0.25, -0.2) is 0 Å². The van der Waals surface area contributed by atoms with E-state index in [1.807, 2.05) is 0 Å². The standard InChI is InChI=1S/C7H8NO6P/c1-14-7-4-5(15(11,12)13)2-3-6(7)8(9)10/h2-4H,1H3,(H2,11,12,13). The molecule has 0 atom stereocenters. The summed E-state index contributed by atoms with van der Waals surface area (Å²) in [4.78, 5) is 27.4. The van der Waals surface area contributed by atoms with Gasteiger partial charge in [0.05, 0.1) is 17.3 Å². The molecule has 1 rings (SSSR count). The fourth-order valence-electron chi connectivity index (χ4n) is 0.998. The van der Waals surface area contributed by atoms with E-state index in [4.69, 9.17) is 9.79 Å². The Balaban J connectivity index is 3.32. The summed E-state index contributed by atoms with van der Waals surface area (Å²) in [5.74, 6) is -0.180. The lowest BCUT2D eigenvalue weighted by Crippen LogP contribution is -2.05. The van der Waals surface area contributed by atoms with Crippen LogP contribution in [0, 0.1) is 10.1 Å². The Labute approximate surface area is 84.6 Å². The minimum absolute atomic E-state index is 0.180. The molecule has 0 aromatic heterocycles. The second-order valence-corrected chi connectivity index (χ2v) is 4.26. The average molecular weight is 233 g/mol. The van der Waals surface area contributed by atoms with Gasteiger partial charge in [0.2, 0.25) is 0 Å². The number of nitro benzene ring substituents is 1. The molecule has 0 radical (unpaired) electrons. The Morgan fingerprint density at radius 3 is 2.47 bits per heavy atom. The van der Waals surface area contributed by atoms with Gasteiger partial charge in [0, 0.05) is 12.1 Å². The molecule has 0 spiro atoms. The number of hydrogen-bond acceptors (Lipinski definition) is 4. The highest BCUT2D eigenvalue weighted by molar-refractivity contribution is 7.60. The van der Waals surface area contributed by atoms with Crippen molar-refractivity contribution in [3.63, 3.8) is 0 Å². The van der Waals surface area contributed by atoms with E-state index < -0.39 is 12.5 Å². The average Bonchev–Trinajstić information content (AvgIpc) is 2.15. The monoisotopic (exact) mass is 233 g/mol. The molecule has 1 aromatic carbocycles. The van der Waals surface area contributed by atoms with Crippen LogP contribution in [-0.4, -0.2) is 21.8 Å². The van der Waals surface area contributed by atoms with Gasteiger partial charge in [0.15, 0.2) is 5.75 Å². The fourth-order valence-corrected chi connectivity index (χ4v) is 1.55. The fraction of sp³-hybridized carbons (Fsp3) is 0.143. The maximum atomic E-state index is 10.9. The molecule has 0 fully saturated rings. The zero-order valence-electron chi connectivity index (χ0n) is 7.65. The molecule has 0 saturated carbocycles. The van der Waals surface area contributed by atoms with Gasteiger partial charge in [-0.05, 0) is 6.07 Å². The van der Waals surface area contributed by atoms with Crippen molar-refractivity contribution in [3.05, 3.63) is 28.3 Å². The largest absolute Gasteiger partial charge is 0.490 e. The summed E-state index contributed by atoms with van der Waals surface area (Å²) in [6.07, 6.45) is 0. The topological polar surface area (TPSA) is 110 Å². The van der Waals surface area contributed by atoms with E-state index in [9.17, 15) is 14.7 Å². The Hall–Kier alpha value is -1.43. The van der Waals surface area contributed by atoms with E-state index in [0.29, 0.717) is 0 Å². The minimum Gasteiger partial charge on any atom is -0.490 e. The van der Waals surface area contributed by atoms with Crippen molar-refractivity contribution in [2.24, 2.45) is 0 Å². The molecule has 8 heteroatoms. The first kappa shape index (κ1) is 11.6. The van der Waals surface area contributed by atoms with Crippen LogP contribution in [0.4, 0.5) is 5.69 Å². The Morgan fingerprint density at radius 2 is 2.07 bits per heavy atom. The van der Waals surface area contributed by atoms with Crippen LogP contribution in [0.1, 0.15) is 0 Å². The van der Waals surface area contributed by atoms with Gasteiger partial charge in [0.1, 0.15) is 0 Å². The molecule has 7 nitrogen and oxygen atoms in total. The quantitative estimate of drug-likeness (QED) is 0.444. The first-order chi connectivity index (χ1) is 6.86. The van der Waals surface area contributed by atoms with E-state index in [0.717, 1.165) is 18.2 Å². The SMILES string of the molecule is COc1cc(P(=O)(O)O)ccc1[N+](=O)[O-]. The number of nitrogens with zero attached hydrogens (tertiary/aromatic N) is 1. The summed E-state index contributed by atoms with van der Waals surface area (Å²) < 4.78 is 15.5. The molecule has 0 unspecified atom stereocenters. The Bertz CT molecular complexity index is 439. The molecule has 0 aliphatic carbocycles. The van der Waals surface area contributed by atoms with Crippen molar-refractivity contribution in [2.45, 2.75) is 0 Å². The summed E-state index contributed by atoms with van der Waals surface area (Å²) in [6.45, 7) is 0. The van der Waals surface area contributed by atoms with Crippen molar-refractivity contribution in [1.82, 2.24) is 0 Å². The molecule has 1 aromatic rings. The van der Waals surface area contributed by atoms with E-state index in [2.05, 4.69) is 4.74 Å². The van der Waals surface area contributed by atoms with Gasteiger partial charge >= 0.3 is 13.3 Å². The highest BCUT2D eigenvalue weighted by Crippen LogP contribution is 2.36. The highest BCUT2D eigenvalue weighted by atomic mass is 31.2. The van der Waals surface area contributed by atoms with Gasteiger partial charge in [0.25, 0.3) is 0 Å². The van der Waals surface area contributed by atoms with E-state index in [1.165, 1.54) is 7.11 Å². The normalized spacial score (nSPS) is 11.1. The van der Waals surface area contributed by atoms with Crippen molar-refractivity contribution in [3.8, 4) is 5.75 Å². The molecular weight excluding hydrogens is 225 g/mol. The van der Waals surface area contributed by atoms with Crippen LogP contribution in [0.5, 0.6) is 5.75 Å². The number of hydrogen-bond donors (Lipinski definition) is 2. The highest BCUT2D eigenvalue weighted by Gasteiger charge is 2.22. The van der Waals surface area contributed by atoms with Crippen LogP contribution in [-0.2, 0) is 4.57 Å². The van der Waals surface area contributed by atoms with E-state index in [-0.39, 0.29) is 16.7 Å². The summed E-state index contributed by atoms with van der Waals surface area (Å²) in [7, 11) is -3.22. The lowest BCUT2D eigenvalue weighted by Gasteiger charge is -2.06. The van der Waals surface area contributed by atoms with Gasteiger partial charge < -0.3 is 14.5 Å². The van der Waals surface area contributed by atoms with Crippen molar-refractivity contribution in [2.75, 3.05) is 7.11 Å². The zero-order valence-corrected chi connectivity index (χ0v) is 8.55. The molecule has 0 heterocycles. The molecule has 0 aliphatic rings. The molecule has 15 heavy (non-hydrogen) atoms. The third kappa shape index (κ3) is 2.53. The maximum absolute atomic E-state index is 10.9. The van der Waals surface area contributed by atoms with Gasteiger partial charge in [-0.2, -0.15) is 0 Å². The Kier molecular flexibility index (Phi) is 3.09. The molecule has 0 amide bonds. The smallest absolute Gasteiger partial charge is 0.356 e. The van der Waals surface area contributed by atoms with Crippen LogP contribution in [0.3, 0.4) is 0 Å². The molecule has 0 aliphatic heterocycles. The van der Waals surface area contributed by atoms with Crippen LogP contribution in [0.25, 0.3) is 0 Å². The number of nitro groups is 1. The molecule has 0 bridgehead atoms. The first-order valence-electron chi connectivity index (χ1n) is 3.75. The van der Waals surface area contributed by atoms with E-state index in [1.54, 1.807) is 0 Å². The molecule has 0 saturated heterocycles. The van der Waals surface area contributed by atoms with Crippen molar-refractivity contribution >= 4 is 18.6 Å². The van der Waals surface area contributed by atoms with Crippen LogP contribution in [0.2, 0.25) is 0 Å². The molecular formula is C7H8NO6P. The van der Waals surface area contributed by atoms with Gasteiger partial charge in [-0.1, -0.05) is 0 Å². The summed E-state index contributed by atoms with van der Waals surface area (Å²) in [5.41, 5.74) is -0.338. The number of rotatable bonds is 3. The predicted molar refractivity (Wildman–Crippen MR) is 51.3 cm³/mol. The minimum atomic E-state index is -4.41. The van der Waals surface area contributed by atoms with E-state index >= 15 is 0 Å². The van der Waals surface area contributed by atoms with Crippen molar-refractivity contribution in [1.29, 1.82) is 0 Å². The maximum Gasteiger partial charge on any atom is 0.356 e. The zero-order chi connectivity index (χ0) is 11.6. The number of ether oxygens (including phenoxy) is 1. The summed E-state index contributed by atoms with van der Waals surface area (Å²) in [6, 6.07) is 2.95. The second-order valence-electron chi connectivity index (χ2n) is 2.66. The summed E-state index contributed by atoms with van der Waals surface area (Å²) >= 11 is 0. The first-order valence-corrected chi connectivity index (χ1v) is 5.36. The number of methoxy groups -OCH3 is 1. The summed E-state index contributed by atoms with van der Waals surface area (Å²) in [5, 5.41) is 10.2. The predicted octanol–water partition coefficient (Wildman–Crippen LogP) is 0.406. The van der Waals surface area contributed by atoms with Crippen LogP contribution in [0.15, 0.2) is 18.2 Å². The Morgan fingerprint density at radius 1 is 1.47 bits per heavy atom. The lowest BCUT2D eigenvalue weighted by atomic mass is 10.3. The lowest BCUT2D eigenvalue weighted by molar-refractivity contribution is -0.385. The van der Waals surface area contributed by atoms with Gasteiger partial charge in [-0.15, -0.1) is 0 Å². The molecule has 2 N–H and O–H groups in total. The van der Waals surface area contributed by atoms with Crippen molar-refractivity contribution < 1.29 is 24.0 Å². The third-order valence-electron chi connectivity index (χ3n) is 1.70. The third-order valence-corrected chi connectivity index (χ3v) is 2.65. The molecule has 82 valence electrons. The van der Waals surface area contributed by atoms with Crippen LogP contribution < -0.4 is 10.0 Å². The second kappa shape index (κ2) is 3.98. The van der Waals surface area contributed by atoms with Gasteiger partial charge in [-0.3, -0.25) is 14.7 Å². The number of benzene rings is 1. The van der Waals surface area contributed by atoms with Crippen LogP contribution >= 0.6 is 7.60 Å².